The van der Waals surface area contributed by atoms with Crippen LogP contribution in [0.25, 0.3) is 0 Å². The smallest absolute Gasteiger partial charge is 0.307 e. The van der Waals surface area contributed by atoms with Crippen LogP contribution in [-0.2, 0) is 21.1 Å². The molecule has 7 heteroatoms. The van der Waals surface area contributed by atoms with Gasteiger partial charge in [0.2, 0.25) is 0 Å². The molecule has 0 bridgehead atoms. The number of carbonyl (C=O) groups is 1. The molecule has 0 aliphatic carbocycles. The third-order valence-electron chi connectivity index (χ3n) is 3.52. The van der Waals surface area contributed by atoms with Gasteiger partial charge in [0.05, 0.1) is 17.1 Å². The molecule has 2 rings (SSSR count). The Kier molecular flexibility index (Phi) is 5.33. The summed E-state index contributed by atoms with van der Waals surface area (Å²) in [5, 5.41) is 11.9. The van der Waals surface area contributed by atoms with Crippen molar-refractivity contribution < 1.29 is 18.3 Å². The second-order valence-electron chi connectivity index (χ2n) is 5.12. The Hall–Kier alpha value is -1.44. The lowest BCUT2D eigenvalue weighted by Gasteiger charge is -2.26. The summed E-state index contributed by atoms with van der Waals surface area (Å²) >= 11 is 0. The van der Waals surface area contributed by atoms with Crippen LogP contribution in [0.15, 0.2) is 29.2 Å². The summed E-state index contributed by atoms with van der Waals surface area (Å²) in [4.78, 5) is 13.0. The molecule has 1 aromatic carbocycles. The van der Waals surface area contributed by atoms with Gasteiger partial charge >= 0.3 is 5.97 Å². The Balaban J connectivity index is 1.96. The van der Waals surface area contributed by atoms with E-state index >= 15 is 0 Å². The Labute approximate surface area is 124 Å². The van der Waals surface area contributed by atoms with Crippen molar-refractivity contribution in [3.63, 3.8) is 0 Å². The number of aliphatic carboxylic acids is 1. The van der Waals surface area contributed by atoms with Crippen LogP contribution >= 0.6 is 0 Å². The lowest BCUT2D eigenvalue weighted by molar-refractivity contribution is -0.136. The van der Waals surface area contributed by atoms with Crippen molar-refractivity contribution in [2.24, 2.45) is 0 Å². The van der Waals surface area contributed by atoms with Gasteiger partial charge in [0.25, 0.3) is 0 Å². The van der Waals surface area contributed by atoms with Crippen LogP contribution < -0.4 is 5.32 Å². The summed E-state index contributed by atoms with van der Waals surface area (Å²) in [6, 6.07) is 6.11. The summed E-state index contributed by atoms with van der Waals surface area (Å²) in [6.07, 6.45) is -0.0961. The summed E-state index contributed by atoms with van der Waals surface area (Å²) in [6.45, 7) is 4.05. The molecular weight excluding hydrogens is 292 g/mol. The Morgan fingerprint density at radius 2 is 1.81 bits per heavy atom. The van der Waals surface area contributed by atoms with Crippen LogP contribution in [0.3, 0.4) is 0 Å². The van der Waals surface area contributed by atoms with E-state index in [-0.39, 0.29) is 17.1 Å². The minimum absolute atomic E-state index is 0.0886. The van der Waals surface area contributed by atoms with Gasteiger partial charge in [-0.25, -0.2) is 8.42 Å². The molecule has 21 heavy (non-hydrogen) atoms. The first kappa shape index (κ1) is 15.9. The molecule has 6 nitrogen and oxygen atoms in total. The van der Waals surface area contributed by atoms with Crippen molar-refractivity contribution in [1.82, 2.24) is 10.2 Å². The quantitative estimate of drug-likeness (QED) is 0.768. The van der Waals surface area contributed by atoms with Crippen molar-refractivity contribution in [3.8, 4) is 0 Å². The zero-order valence-corrected chi connectivity index (χ0v) is 12.6. The minimum Gasteiger partial charge on any atom is -0.481 e. The Bertz CT molecular complexity index is 577. The Morgan fingerprint density at radius 3 is 2.38 bits per heavy atom. The van der Waals surface area contributed by atoms with Crippen LogP contribution in [0.4, 0.5) is 0 Å². The molecule has 1 heterocycles. The number of piperazine rings is 1. The molecular formula is C14H20N2O4S. The van der Waals surface area contributed by atoms with E-state index in [2.05, 4.69) is 10.2 Å². The van der Waals surface area contributed by atoms with E-state index < -0.39 is 15.8 Å². The SMILES string of the molecule is O=C(O)Cc1ccc(S(=O)(=O)CCN2CCNCC2)cc1. The van der Waals surface area contributed by atoms with E-state index in [1.165, 1.54) is 12.1 Å². The zero-order chi connectivity index (χ0) is 15.3. The van der Waals surface area contributed by atoms with Gasteiger partial charge in [-0.05, 0) is 17.7 Å². The number of carboxylic acid groups (broad SMARTS) is 1. The number of nitrogens with zero attached hydrogens (tertiary/aromatic N) is 1. The predicted octanol–water partition coefficient (Wildman–Crippen LogP) is -0.00740. The number of rotatable bonds is 6. The number of sulfone groups is 1. The highest BCUT2D eigenvalue weighted by Crippen LogP contribution is 2.13. The summed E-state index contributed by atoms with van der Waals surface area (Å²) in [5.41, 5.74) is 0.601. The lowest BCUT2D eigenvalue weighted by Crippen LogP contribution is -2.45. The van der Waals surface area contributed by atoms with Crippen LogP contribution in [0.1, 0.15) is 5.56 Å². The van der Waals surface area contributed by atoms with Gasteiger partial charge in [0.1, 0.15) is 0 Å². The monoisotopic (exact) mass is 312 g/mol. The average molecular weight is 312 g/mol. The largest absolute Gasteiger partial charge is 0.481 e. The molecule has 0 aromatic heterocycles. The maximum absolute atomic E-state index is 12.2. The van der Waals surface area contributed by atoms with Crippen molar-refractivity contribution in [3.05, 3.63) is 29.8 Å². The predicted molar refractivity (Wildman–Crippen MR) is 79.1 cm³/mol. The van der Waals surface area contributed by atoms with Gasteiger partial charge in [0, 0.05) is 32.7 Å². The van der Waals surface area contributed by atoms with Crippen LogP contribution in [-0.4, -0.2) is 62.9 Å². The second-order valence-corrected chi connectivity index (χ2v) is 7.23. The normalized spacial score (nSPS) is 16.8. The molecule has 0 atom stereocenters. The number of hydrogen-bond acceptors (Lipinski definition) is 5. The number of nitrogens with one attached hydrogen (secondary N) is 1. The lowest BCUT2D eigenvalue weighted by atomic mass is 10.2. The molecule has 0 spiro atoms. The van der Waals surface area contributed by atoms with Gasteiger partial charge in [-0.15, -0.1) is 0 Å². The molecule has 116 valence electrons. The molecule has 1 aliphatic heterocycles. The Morgan fingerprint density at radius 1 is 1.19 bits per heavy atom. The van der Waals surface area contributed by atoms with Crippen LogP contribution in [0.2, 0.25) is 0 Å². The molecule has 0 radical (unpaired) electrons. The van der Waals surface area contributed by atoms with E-state index in [0.717, 1.165) is 26.2 Å². The molecule has 0 amide bonds. The number of benzene rings is 1. The molecule has 0 unspecified atom stereocenters. The number of carboxylic acids is 1. The van der Waals surface area contributed by atoms with E-state index in [1.54, 1.807) is 12.1 Å². The van der Waals surface area contributed by atoms with Gasteiger partial charge in [0.15, 0.2) is 9.84 Å². The zero-order valence-electron chi connectivity index (χ0n) is 11.8. The highest BCUT2D eigenvalue weighted by atomic mass is 32.2. The fourth-order valence-electron chi connectivity index (χ4n) is 2.29. The maximum Gasteiger partial charge on any atom is 0.307 e. The van der Waals surface area contributed by atoms with Gasteiger partial charge < -0.3 is 10.4 Å². The molecule has 0 saturated carbocycles. The van der Waals surface area contributed by atoms with Gasteiger partial charge in [-0.2, -0.15) is 0 Å². The molecule has 1 aromatic rings. The third-order valence-corrected chi connectivity index (χ3v) is 5.23. The second kappa shape index (κ2) is 7.02. The molecule has 1 saturated heterocycles. The van der Waals surface area contributed by atoms with Gasteiger partial charge in [-0.3, -0.25) is 9.69 Å². The minimum atomic E-state index is -3.31. The third kappa shape index (κ3) is 4.80. The highest BCUT2D eigenvalue weighted by Gasteiger charge is 2.17. The summed E-state index contributed by atoms with van der Waals surface area (Å²) in [5.74, 6) is -0.838. The fourth-order valence-corrected chi connectivity index (χ4v) is 3.58. The first-order valence-corrected chi connectivity index (χ1v) is 8.59. The van der Waals surface area contributed by atoms with E-state index in [9.17, 15) is 13.2 Å². The average Bonchev–Trinajstić information content (AvgIpc) is 2.46. The fraction of sp³-hybridized carbons (Fsp3) is 0.500. The first-order valence-electron chi connectivity index (χ1n) is 6.94. The summed E-state index contributed by atoms with van der Waals surface area (Å²) in [7, 11) is -3.31. The van der Waals surface area contributed by atoms with E-state index in [4.69, 9.17) is 5.11 Å². The van der Waals surface area contributed by atoms with Crippen molar-refractivity contribution >= 4 is 15.8 Å². The number of hydrogen-bond donors (Lipinski definition) is 2. The highest BCUT2D eigenvalue weighted by molar-refractivity contribution is 7.91. The molecule has 1 fully saturated rings. The van der Waals surface area contributed by atoms with Crippen LogP contribution in [0.5, 0.6) is 0 Å². The maximum atomic E-state index is 12.2. The van der Waals surface area contributed by atoms with Crippen LogP contribution in [0, 0.1) is 0 Å². The standard InChI is InChI=1S/C14H20N2O4S/c17-14(18)11-12-1-3-13(4-2-12)21(19,20)10-9-16-7-5-15-6-8-16/h1-4,15H,5-11H2,(H,17,18). The van der Waals surface area contributed by atoms with E-state index in [0.29, 0.717) is 12.1 Å². The molecule has 2 N–H and O–H groups in total. The first-order chi connectivity index (χ1) is 9.97. The topological polar surface area (TPSA) is 86.7 Å². The van der Waals surface area contributed by atoms with Crippen molar-refractivity contribution in [2.45, 2.75) is 11.3 Å². The van der Waals surface area contributed by atoms with Gasteiger partial charge in [-0.1, -0.05) is 12.1 Å². The summed E-state index contributed by atoms with van der Waals surface area (Å²) < 4.78 is 24.5. The molecule has 1 aliphatic rings. The van der Waals surface area contributed by atoms with Crippen molar-refractivity contribution in [2.75, 3.05) is 38.5 Å². The van der Waals surface area contributed by atoms with E-state index in [1.807, 2.05) is 0 Å². The van der Waals surface area contributed by atoms with Crippen molar-refractivity contribution in [1.29, 1.82) is 0 Å².